The van der Waals surface area contributed by atoms with E-state index in [1.165, 1.54) is 19.1 Å². The Bertz CT molecular complexity index is 503. The maximum absolute atomic E-state index is 13.3. The quantitative estimate of drug-likeness (QED) is 0.870. The van der Waals surface area contributed by atoms with Gasteiger partial charge in [0.05, 0.1) is 6.04 Å². The van der Waals surface area contributed by atoms with Crippen LogP contribution in [0.2, 0.25) is 0 Å². The van der Waals surface area contributed by atoms with Crippen molar-refractivity contribution < 1.29 is 23.1 Å². The smallest absolute Gasteiger partial charge is 0.258 e. The average Bonchev–Trinajstić information content (AvgIpc) is 2.37. The monoisotopic (exact) mass is 285 g/mol. The normalized spacial score (nSPS) is 12.1. The van der Waals surface area contributed by atoms with Gasteiger partial charge in [0.2, 0.25) is 5.82 Å². The molecular formula is C14H17F2NO3. The molecule has 1 aromatic carbocycles. The largest absolute Gasteiger partial charge is 0.481 e. The number of carbonyl (C=O) groups excluding carboxylic acids is 2. The molecule has 0 aliphatic carbocycles. The van der Waals surface area contributed by atoms with Crippen LogP contribution in [0.25, 0.3) is 0 Å². The lowest BCUT2D eigenvalue weighted by Crippen LogP contribution is -2.45. The molecule has 0 aliphatic heterocycles. The molecule has 1 N–H and O–H groups in total. The van der Waals surface area contributed by atoms with Crippen LogP contribution in [0, 0.1) is 17.6 Å². The summed E-state index contributed by atoms with van der Waals surface area (Å²) in [4.78, 5) is 23.0. The predicted octanol–water partition coefficient (Wildman–Crippen LogP) is 2.07. The number of halogens is 2. The zero-order chi connectivity index (χ0) is 15.3. The van der Waals surface area contributed by atoms with Crippen molar-refractivity contribution >= 4 is 11.7 Å². The van der Waals surface area contributed by atoms with Crippen molar-refractivity contribution in [1.29, 1.82) is 0 Å². The highest BCUT2D eigenvalue weighted by molar-refractivity contribution is 5.88. The van der Waals surface area contributed by atoms with Crippen molar-refractivity contribution in [3.8, 4) is 5.75 Å². The van der Waals surface area contributed by atoms with Crippen LogP contribution < -0.4 is 10.1 Å². The van der Waals surface area contributed by atoms with Crippen molar-refractivity contribution in [2.75, 3.05) is 6.61 Å². The minimum Gasteiger partial charge on any atom is -0.481 e. The zero-order valence-corrected chi connectivity index (χ0v) is 11.6. The van der Waals surface area contributed by atoms with E-state index in [0.29, 0.717) is 0 Å². The number of hydrogen-bond donors (Lipinski definition) is 1. The van der Waals surface area contributed by atoms with E-state index < -0.39 is 30.2 Å². The van der Waals surface area contributed by atoms with Crippen molar-refractivity contribution in [3.05, 3.63) is 29.8 Å². The third kappa shape index (κ3) is 4.29. The second-order valence-corrected chi connectivity index (χ2v) is 4.74. The van der Waals surface area contributed by atoms with E-state index in [0.717, 1.165) is 6.07 Å². The molecule has 20 heavy (non-hydrogen) atoms. The molecule has 0 spiro atoms. The molecule has 6 heteroatoms. The maximum atomic E-state index is 13.3. The van der Waals surface area contributed by atoms with Crippen LogP contribution in [0.4, 0.5) is 8.78 Å². The Morgan fingerprint density at radius 2 is 1.95 bits per heavy atom. The van der Waals surface area contributed by atoms with Gasteiger partial charge in [-0.1, -0.05) is 19.9 Å². The molecule has 0 radical (unpaired) electrons. The van der Waals surface area contributed by atoms with Gasteiger partial charge in [-0.05, 0) is 25.0 Å². The van der Waals surface area contributed by atoms with E-state index in [1.807, 2.05) is 0 Å². The first-order valence-corrected chi connectivity index (χ1v) is 6.19. The summed E-state index contributed by atoms with van der Waals surface area (Å²) in [6, 6.07) is 2.82. The Kier molecular flexibility index (Phi) is 5.61. The number of hydrogen-bond acceptors (Lipinski definition) is 3. The molecule has 1 amide bonds. The number of nitrogens with one attached hydrogen (secondary N) is 1. The molecule has 0 saturated heterocycles. The van der Waals surface area contributed by atoms with Crippen LogP contribution in [0.3, 0.4) is 0 Å². The maximum Gasteiger partial charge on any atom is 0.258 e. The molecular weight excluding hydrogens is 268 g/mol. The highest BCUT2D eigenvalue weighted by Crippen LogP contribution is 2.18. The van der Waals surface area contributed by atoms with Crippen LogP contribution in [0.5, 0.6) is 5.75 Å². The van der Waals surface area contributed by atoms with Crippen molar-refractivity contribution in [3.63, 3.8) is 0 Å². The van der Waals surface area contributed by atoms with Gasteiger partial charge in [-0.15, -0.1) is 0 Å². The van der Waals surface area contributed by atoms with Gasteiger partial charge in [-0.2, -0.15) is 4.39 Å². The number of ether oxygens (including phenoxy) is 1. The Balaban J connectivity index is 2.59. The molecule has 0 aromatic heterocycles. The van der Waals surface area contributed by atoms with Gasteiger partial charge < -0.3 is 10.1 Å². The molecule has 0 heterocycles. The summed E-state index contributed by atoms with van der Waals surface area (Å²) >= 11 is 0. The van der Waals surface area contributed by atoms with Crippen LogP contribution in [-0.4, -0.2) is 24.3 Å². The molecule has 0 saturated carbocycles. The second kappa shape index (κ2) is 6.98. The Hall–Kier alpha value is -1.98. The number of carbonyl (C=O) groups is 2. The van der Waals surface area contributed by atoms with Crippen LogP contribution in [0.1, 0.15) is 20.8 Å². The predicted molar refractivity (Wildman–Crippen MR) is 69.3 cm³/mol. The molecule has 1 unspecified atom stereocenters. The van der Waals surface area contributed by atoms with Crippen molar-refractivity contribution in [1.82, 2.24) is 5.32 Å². The number of ketones is 1. The third-order valence-corrected chi connectivity index (χ3v) is 2.70. The molecule has 1 rings (SSSR count). The molecule has 0 fully saturated rings. The SMILES string of the molecule is CC(=O)C(NC(=O)COc1cccc(F)c1F)C(C)C. The van der Waals surface area contributed by atoms with Crippen LogP contribution in [-0.2, 0) is 9.59 Å². The summed E-state index contributed by atoms with van der Waals surface area (Å²) in [5, 5.41) is 2.49. The second-order valence-electron chi connectivity index (χ2n) is 4.74. The van der Waals surface area contributed by atoms with E-state index in [2.05, 4.69) is 5.32 Å². The Morgan fingerprint density at radius 3 is 2.50 bits per heavy atom. The van der Waals surface area contributed by atoms with Gasteiger partial charge in [0, 0.05) is 0 Å². The molecule has 4 nitrogen and oxygen atoms in total. The summed E-state index contributed by atoms with van der Waals surface area (Å²) in [6.45, 7) is 4.47. The lowest BCUT2D eigenvalue weighted by atomic mass is 10.0. The first kappa shape index (κ1) is 16.1. The van der Waals surface area contributed by atoms with Gasteiger partial charge in [-0.25, -0.2) is 4.39 Å². The number of amides is 1. The highest BCUT2D eigenvalue weighted by Gasteiger charge is 2.21. The fourth-order valence-corrected chi connectivity index (χ4v) is 1.69. The Labute approximate surface area is 116 Å². The van der Waals surface area contributed by atoms with Crippen molar-refractivity contribution in [2.24, 2.45) is 5.92 Å². The summed E-state index contributed by atoms with van der Waals surface area (Å²) in [5.41, 5.74) is 0. The fraction of sp³-hybridized carbons (Fsp3) is 0.429. The van der Waals surface area contributed by atoms with Gasteiger partial charge >= 0.3 is 0 Å². The third-order valence-electron chi connectivity index (χ3n) is 2.70. The molecule has 110 valence electrons. The minimum absolute atomic E-state index is 0.0673. The molecule has 0 aliphatic rings. The number of Topliss-reactive ketones (excluding diaryl/α,β-unsaturated/α-hetero) is 1. The fourth-order valence-electron chi connectivity index (χ4n) is 1.69. The summed E-state index contributed by atoms with van der Waals surface area (Å²) in [6.07, 6.45) is 0. The van der Waals surface area contributed by atoms with Crippen LogP contribution in [0.15, 0.2) is 18.2 Å². The number of benzene rings is 1. The number of rotatable bonds is 6. The summed E-state index contributed by atoms with van der Waals surface area (Å²) < 4.78 is 31.1. The average molecular weight is 285 g/mol. The first-order valence-electron chi connectivity index (χ1n) is 6.19. The Morgan fingerprint density at radius 1 is 1.30 bits per heavy atom. The van der Waals surface area contributed by atoms with Gasteiger partial charge in [0.25, 0.3) is 5.91 Å². The van der Waals surface area contributed by atoms with Gasteiger partial charge in [-0.3, -0.25) is 9.59 Å². The van der Waals surface area contributed by atoms with E-state index in [4.69, 9.17) is 4.74 Å². The van der Waals surface area contributed by atoms with Crippen LogP contribution >= 0.6 is 0 Å². The standard InChI is InChI=1S/C14H17F2NO3/c1-8(2)14(9(3)18)17-12(19)7-20-11-6-4-5-10(15)13(11)16/h4-6,8,14H,7H2,1-3H3,(H,17,19). The van der Waals surface area contributed by atoms with Gasteiger partial charge in [0.15, 0.2) is 24.0 Å². The van der Waals surface area contributed by atoms with Gasteiger partial charge in [0.1, 0.15) is 0 Å². The first-order chi connectivity index (χ1) is 9.32. The summed E-state index contributed by atoms with van der Waals surface area (Å²) in [7, 11) is 0. The van der Waals surface area contributed by atoms with E-state index in [1.54, 1.807) is 13.8 Å². The molecule has 0 bridgehead atoms. The highest BCUT2D eigenvalue weighted by atomic mass is 19.2. The van der Waals surface area contributed by atoms with E-state index >= 15 is 0 Å². The topological polar surface area (TPSA) is 55.4 Å². The lowest BCUT2D eigenvalue weighted by Gasteiger charge is -2.19. The zero-order valence-electron chi connectivity index (χ0n) is 11.6. The minimum atomic E-state index is -1.15. The van der Waals surface area contributed by atoms with Crippen molar-refractivity contribution in [2.45, 2.75) is 26.8 Å². The van der Waals surface area contributed by atoms with E-state index in [9.17, 15) is 18.4 Å². The molecule has 1 atom stereocenters. The lowest BCUT2D eigenvalue weighted by molar-refractivity contribution is -0.129. The van der Waals surface area contributed by atoms with E-state index in [-0.39, 0.29) is 17.5 Å². The summed E-state index contributed by atoms with van der Waals surface area (Å²) in [5.74, 6) is -3.35. The molecule has 1 aromatic rings.